The molecule has 2 aromatic carbocycles. The molecule has 0 unspecified atom stereocenters. The van der Waals surface area contributed by atoms with Crippen LogP contribution < -0.4 is 4.74 Å². The molecule has 0 aliphatic heterocycles. The van der Waals surface area contributed by atoms with Crippen LogP contribution in [0.15, 0.2) is 48.5 Å². The number of hydrogen-bond donors (Lipinski definition) is 0. The van der Waals surface area contributed by atoms with Gasteiger partial charge >= 0.3 is 6.36 Å². The zero-order valence-electron chi connectivity index (χ0n) is 16.3. The summed E-state index contributed by atoms with van der Waals surface area (Å²) in [4.78, 5) is 0. The molecule has 0 fully saturated rings. The van der Waals surface area contributed by atoms with Gasteiger partial charge in [0, 0.05) is 5.56 Å². The minimum absolute atomic E-state index is 0.0885. The summed E-state index contributed by atoms with van der Waals surface area (Å²) in [5, 5.41) is 0. The van der Waals surface area contributed by atoms with Gasteiger partial charge in [0.2, 0.25) is 0 Å². The zero-order valence-corrected chi connectivity index (χ0v) is 16.3. The summed E-state index contributed by atoms with van der Waals surface area (Å²) >= 11 is 0. The van der Waals surface area contributed by atoms with Crippen molar-refractivity contribution in [2.45, 2.75) is 59.7 Å². The lowest BCUT2D eigenvalue weighted by Crippen LogP contribution is -2.17. The number of hydrogen-bond acceptors (Lipinski definition) is 1. The van der Waals surface area contributed by atoms with Crippen LogP contribution in [0, 0.1) is 6.92 Å². The van der Waals surface area contributed by atoms with Crippen LogP contribution in [0.5, 0.6) is 5.75 Å². The van der Waals surface area contributed by atoms with Crippen molar-refractivity contribution in [3.05, 3.63) is 65.2 Å². The summed E-state index contributed by atoms with van der Waals surface area (Å²) in [5.74, 6) is 0.122. The molecule has 0 radical (unpaired) electrons. The molecule has 6 heteroatoms. The first kappa shape index (κ1) is 24.9. The zero-order chi connectivity index (χ0) is 21.0. The largest absolute Gasteiger partial charge is 0.573 e. The molecule has 152 valence electrons. The Hall–Kier alpha value is -2.11. The third-order valence-electron chi connectivity index (χ3n) is 3.11. The summed E-state index contributed by atoms with van der Waals surface area (Å²) in [6.07, 6.45) is -5.71. The van der Waals surface area contributed by atoms with Crippen LogP contribution in [0.3, 0.4) is 0 Å². The van der Waals surface area contributed by atoms with Crippen molar-refractivity contribution >= 4 is 0 Å². The molecule has 0 aliphatic rings. The van der Waals surface area contributed by atoms with Crippen LogP contribution in [-0.2, 0) is 0 Å². The molecule has 0 saturated heterocycles. The summed E-state index contributed by atoms with van der Waals surface area (Å²) in [5.41, 5.74) is 2.08. The van der Waals surface area contributed by atoms with E-state index < -0.39 is 12.8 Å². The van der Waals surface area contributed by atoms with Crippen LogP contribution >= 0.6 is 0 Å². The Kier molecular flexibility index (Phi) is 11.3. The summed E-state index contributed by atoms with van der Waals surface area (Å²) in [7, 11) is 0. The Labute approximate surface area is 158 Å². The van der Waals surface area contributed by atoms with Gasteiger partial charge in [0.05, 0.1) is 0 Å². The number of benzene rings is 2. The fraction of sp³-hybridized carbons (Fsp3) is 0.429. The van der Waals surface area contributed by atoms with Gasteiger partial charge in [-0.15, -0.1) is 13.2 Å². The first-order chi connectivity index (χ1) is 12.5. The van der Waals surface area contributed by atoms with Crippen LogP contribution in [0.2, 0.25) is 0 Å². The average molecular weight is 390 g/mol. The second kappa shape index (κ2) is 12.3. The van der Waals surface area contributed by atoms with Crippen LogP contribution in [0.4, 0.5) is 22.0 Å². The van der Waals surface area contributed by atoms with Crippen molar-refractivity contribution in [1.82, 2.24) is 0 Å². The monoisotopic (exact) mass is 390 g/mol. The molecule has 0 bridgehead atoms. The molecule has 0 heterocycles. The smallest absolute Gasteiger partial charge is 0.406 e. The predicted molar refractivity (Wildman–Crippen MR) is 99.3 cm³/mol. The van der Waals surface area contributed by atoms with Gasteiger partial charge in [0.25, 0.3) is 6.43 Å². The van der Waals surface area contributed by atoms with E-state index >= 15 is 0 Å². The molecule has 0 amide bonds. The lowest BCUT2D eigenvalue weighted by molar-refractivity contribution is -0.274. The van der Waals surface area contributed by atoms with E-state index in [-0.39, 0.29) is 11.3 Å². The average Bonchev–Trinajstić information content (AvgIpc) is 2.55. The van der Waals surface area contributed by atoms with Crippen molar-refractivity contribution in [1.29, 1.82) is 0 Å². The summed E-state index contributed by atoms with van der Waals surface area (Å²) < 4.78 is 62.9. The normalized spacial score (nSPS) is 10.7. The quantitative estimate of drug-likeness (QED) is 0.482. The molecule has 27 heavy (non-hydrogen) atoms. The first-order valence-electron chi connectivity index (χ1n) is 8.70. The molecule has 1 nitrogen and oxygen atoms in total. The molecule has 2 rings (SSSR count). The molecular formula is C21H27F5O. The fourth-order valence-corrected chi connectivity index (χ4v) is 1.77. The van der Waals surface area contributed by atoms with Crippen LogP contribution in [0.25, 0.3) is 0 Å². The molecule has 0 saturated carbocycles. The van der Waals surface area contributed by atoms with E-state index in [9.17, 15) is 22.0 Å². The lowest BCUT2D eigenvalue weighted by atomic mass is 10.0. The molecule has 0 N–H and O–H groups in total. The maximum absolute atomic E-state index is 11.9. The van der Waals surface area contributed by atoms with Gasteiger partial charge in [-0.1, -0.05) is 76.1 Å². The third kappa shape index (κ3) is 12.0. The fourth-order valence-electron chi connectivity index (χ4n) is 1.77. The Bertz CT molecular complexity index is 617. The molecule has 0 spiro atoms. The van der Waals surface area contributed by atoms with Crippen molar-refractivity contribution < 1.29 is 26.7 Å². The number of ether oxygens (including phenoxy) is 1. The number of alkyl halides is 5. The van der Waals surface area contributed by atoms with Crippen molar-refractivity contribution in [3.63, 3.8) is 0 Å². The molecule has 0 atom stereocenters. The lowest BCUT2D eigenvalue weighted by Gasteiger charge is -2.10. The van der Waals surface area contributed by atoms with Gasteiger partial charge in [-0.3, -0.25) is 0 Å². The van der Waals surface area contributed by atoms with E-state index in [0.717, 1.165) is 11.1 Å². The summed E-state index contributed by atoms with van der Waals surface area (Å²) in [6.45, 7) is 10.1. The predicted octanol–water partition coefficient (Wildman–Crippen LogP) is 8.06. The topological polar surface area (TPSA) is 9.23 Å². The van der Waals surface area contributed by atoms with E-state index in [1.54, 1.807) is 24.3 Å². The van der Waals surface area contributed by atoms with E-state index in [0.29, 0.717) is 5.92 Å². The Morgan fingerprint density at radius 3 is 1.56 bits per heavy atom. The Balaban J connectivity index is 0.000000455. The maximum Gasteiger partial charge on any atom is 0.573 e. The van der Waals surface area contributed by atoms with Gasteiger partial charge in [-0.2, -0.15) is 0 Å². The van der Waals surface area contributed by atoms with Gasteiger partial charge in [-0.25, -0.2) is 8.78 Å². The highest BCUT2D eigenvalue weighted by Gasteiger charge is 2.30. The highest BCUT2D eigenvalue weighted by atomic mass is 19.4. The van der Waals surface area contributed by atoms with Crippen molar-refractivity contribution in [3.8, 4) is 5.75 Å². The van der Waals surface area contributed by atoms with Gasteiger partial charge in [0.15, 0.2) is 0 Å². The number of halogens is 5. The van der Waals surface area contributed by atoms with E-state index in [1.165, 1.54) is 30.7 Å². The third-order valence-corrected chi connectivity index (χ3v) is 3.11. The van der Waals surface area contributed by atoms with Crippen LogP contribution in [0.1, 0.15) is 63.1 Å². The first-order valence-corrected chi connectivity index (χ1v) is 8.70. The minimum atomic E-state index is -4.61. The second-order valence-electron chi connectivity index (χ2n) is 6.19. The maximum atomic E-state index is 11.9. The molecule has 0 aromatic heterocycles. The number of aryl methyl sites for hydroxylation is 1. The highest BCUT2D eigenvalue weighted by Crippen LogP contribution is 2.24. The van der Waals surface area contributed by atoms with Crippen molar-refractivity contribution in [2.24, 2.45) is 0 Å². The molecule has 0 aliphatic carbocycles. The van der Waals surface area contributed by atoms with Crippen molar-refractivity contribution in [2.75, 3.05) is 0 Å². The number of rotatable bonds is 3. The van der Waals surface area contributed by atoms with Gasteiger partial charge in [0.1, 0.15) is 5.75 Å². The minimum Gasteiger partial charge on any atom is -0.406 e. The van der Waals surface area contributed by atoms with Gasteiger partial charge in [-0.05, 0) is 30.5 Å². The van der Waals surface area contributed by atoms with E-state index in [4.69, 9.17) is 0 Å². The Morgan fingerprint density at radius 2 is 1.22 bits per heavy atom. The highest BCUT2D eigenvalue weighted by molar-refractivity contribution is 5.29. The molecular weight excluding hydrogens is 363 g/mol. The Morgan fingerprint density at radius 1 is 0.815 bits per heavy atom. The second-order valence-corrected chi connectivity index (χ2v) is 6.19. The standard InChI is InChI=1S/C10H11F3O.C8H8F2.C3H8/c1-7(2)8-3-5-9(6-4-8)14-10(11,12)13;1-6-2-4-7(5-3-6)8(9)10;1-3-2/h3-7H,1-2H3;2-5,8H,1H3;3H2,1-2H3. The van der Waals surface area contributed by atoms with Crippen LogP contribution in [-0.4, -0.2) is 6.36 Å². The van der Waals surface area contributed by atoms with E-state index in [2.05, 4.69) is 18.6 Å². The summed E-state index contributed by atoms with van der Waals surface area (Å²) in [6, 6.07) is 12.2. The van der Waals surface area contributed by atoms with E-state index in [1.807, 2.05) is 20.8 Å². The van der Waals surface area contributed by atoms with Gasteiger partial charge < -0.3 is 4.74 Å². The SMILES string of the molecule is CC(C)c1ccc(OC(F)(F)F)cc1.CCC.Cc1ccc(C(F)F)cc1. The molecule has 2 aromatic rings.